The third kappa shape index (κ3) is 4.07. The van der Waals surface area contributed by atoms with Crippen LogP contribution in [0.25, 0.3) is 17.4 Å². The zero-order chi connectivity index (χ0) is 23.1. The fraction of sp³-hybridized carbons (Fsp3) is 0.273. The van der Waals surface area contributed by atoms with Gasteiger partial charge in [-0.1, -0.05) is 6.92 Å². The third-order valence-corrected chi connectivity index (χ3v) is 6.74. The van der Waals surface area contributed by atoms with Gasteiger partial charge in [0.25, 0.3) is 11.6 Å². The molecule has 1 saturated heterocycles. The number of benzene rings is 1. The Morgan fingerprint density at radius 1 is 1.18 bits per heavy atom. The number of nitro groups is 1. The van der Waals surface area contributed by atoms with E-state index in [0.717, 1.165) is 31.1 Å². The van der Waals surface area contributed by atoms with Crippen molar-refractivity contribution in [3.05, 3.63) is 57.8 Å². The molecule has 11 heteroatoms. The molecule has 1 aromatic heterocycles. The number of thioether (sulfide) groups is 1. The summed E-state index contributed by atoms with van der Waals surface area (Å²) in [4.78, 5) is 29.3. The van der Waals surface area contributed by atoms with Crippen molar-refractivity contribution in [2.75, 3.05) is 13.1 Å². The van der Waals surface area contributed by atoms with Crippen molar-refractivity contribution in [2.24, 2.45) is 16.0 Å². The monoisotopic (exact) mass is 464 g/mol. The second-order valence-corrected chi connectivity index (χ2v) is 9.01. The number of carbonyl (C=O) groups is 1. The Kier molecular flexibility index (Phi) is 5.33. The fourth-order valence-electron chi connectivity index (χ4n) is 3.78. The second kappa shape index (κ2) is 8.32. The lowest BCUT2D eigenvalue weighted by molar-refractivity contribution is -0.384. The normalized spacial score (nSPS) is 20.2. The summed E-state index contributed by atoms with van der Waals surface area (Å²) in [6, 6.07) is 9.37. The van der Waals surface area contributed by atoms with Gasteiger partial charge in [0.1, 0.15) is 11.5 Å². The van der Waals surface area contributed by atoms with Crippen molar-refractivity contribution in [3.8, 4) is 11.3 Å². The SMILES string of the molecule is CC1CCN(C2=NN3C(=N)/C(=C/c4ccc(-c5ccc([N+](=O)[O-])cc5)o4)C(=O)N=C3S2)CC1. The number of nitrogens with one attached hydrogen (secondary N) is 1. The number of nitrogens with zero attached hydrogens (tertiary/aromatic N) is 5. The molecule has 0 atom stereocenters. The number of amides is 1. The average Bonchev–Trinajstić information content (AvgIpc) is 3.45. The van der Waals surface area contributed by atoms with Crippen LogP contribution in [0, 0.1) is 21.4 Å². The fourth-order valence-corrected chi connectivity index (χ4v) is 4.73. The first-order chi connectivity index (χ1) is 15.9. The van der Waals surface area contributed by atoms with E-state index in [0.29, 0.717) is 28.2 Å². The second-order valence-electron chi connectivity index (χ2n) is 8.08. The zero-order valence-corrected chi connectivity index (χ0v) is 18.5. The summed E-state index contributed by atoms with van der Waals surface area (Å²) in [5.74, 6) is 0.983. The average molecular weight is 465 g/mol. The highest BCUT2D eigenvalue weighted by Gasteiger charge is 2.38. The van der Waals surface area contributed by atoms with E-state index in [4.69, 9.17) is 9.83 Å². The van der Waals surface area contributed by atoms with Crippen LogP contribution < -0.4 is 0 Å². The van der Waals surface area contributed by atoms with Crippen LogP contribution in [0.4, 0.5) is 5.69 Å². The summed E-state index contributed by atoms with van der Waals surface area (Å²) in [7, 11) is 0. The first kappa shape index (κ1) is 21.1. The van der Waals surface area contributed by atoms with Gasteiger partial charge >= 0.3 is 0 Å². The molecule has 1 aromatic carbocycles. The van der Waals surface area contributed by atoms with Crippen molar-refractivity contribution in [2.45, 2.75) is 19.8 Å². The molecule has 4 heterocycles. The molecular weight excluding hydrogens is 444 g/mol. The lowest BCUT2D eigenvalue weighted by Gasteiger charge is -2.30. The maximum Gasteiger partial charge on any atom is 0.283 e. The largest absolute Gasteiger partial charge is 0.457 e. The highest BCUT2D eigenvalue weighted by Crippen LogP contribution is 2.32. The lowest BCUT2D eigenvalue weighted by Crippen LogP contribution is -2.36. The molecular formula is C22H20N6O4S. The Balaban J connectivity index is 1.36. The minimum absolute atomic E-state index is 0.00923. The molecule has 168 valence electrons. The van der Waals surface area contributed by atoms with Gasteiger partial charge in [0.05, 0.1) is 10.5 Å². The number of likely N-dealkylation sites (tertiary alicyclic amines) is 1. The highest BCUT2D eigenvalue weighted by molar-refractivity contribution is 8.26. The van der Waals surface area contributed by atoms with Crippen LogP contribution in [0.1, 0.15) is 25.5 Å². The number of hydrogen-bond acceptors (Lipinski definition) is 8. The number of non-ortho nitro benzene ring substituents is 1. The maximum absolute atomic E-state index is 12.6. The van der Waals surface area contributed by atoms with Gasteiger partial charge in [0.2, 0.25) is 5.17 Å². The molecule has 1 amide bonds. The maximum atomic E-state index is 12.6. The quantitative estimate of drug-likeness (QED) is 0.410. The van der Waals surface area contributed by atoms with Crippen molar-refractivity contribution in [1.82, 2.24) is 9.91 Å². The number of furan rings is 1. The van der Waals surface area contributed by atoms with E-state index in [9.17, 15) is 14.9 Å². The predicted molar refractivity (Wildman–Crippen MR) is 126 cm³/mol. The molecule has 0 saturated carbocycles. The van der Waals surface area contributed by atoms with Gasteiger partial charge in [-0.3, -0.25) is 20.3 Å². The Hall–Kier alpha value is -3.73. The number of piperidine rings is 1. The van der Waals surface area contributed by atoms with Crippen LogP contribution in [0.5, 0.6) is 0 Å². The highest BCUT2D eigenvalue weighted by atomic mass is 32.2. The standard InChI is InChI=1S/C22H20N6O4S/c1-13-8-10-26(11-9-13)22-25-27-19(23)17(20(29)24-21(27)33-22)12-16-6-7-18(32-16)14-2-4-15(5-3-14)28(30)31/h2-7,12-13,23H,8-11H2,1H3/b17-12-,23-19?. The molecule has 1 N–H and O–H groups in total. The third-order valence-electron chi connectivity index (χ3n) is 5.77. The van der Waals surface area contributed by atoms with Gasteiger partial charge in [-0.15, -0.1) is 5.10 Å². The molecule has 0 bridgehead atoms. The molecule has 3 aliphatic rings. The van der Waals surface area contributed by atoms with E-state index < -0.39 is 10.8 Å². The first-order valence-corrected chi connectivity index (χ1v) is 11.3. The van der Waals surface area contributed by atoms with E-state index in [1.165, 1.54) is 35.0 Å². The number of nitro benzene ring substituents is 1. The lowest BCUT2D eigenvalue weighted by atomic mass is 10.00. The van der Waals surface area contributed by atoms with Crippen LogP contribution in [0.15, 0.2) is 56.5 Å². The van der Waals surface area contributed by atoms with E-state index in [1.54, 1.807) is 24.3 Å². The summed E-state index contributed by atoms with van der Waals surface area (Å²) in [5, 5.41) is 26.5. The molecule has 33 heavy (non-hydrogen) atoms. The summed E-state index contributed by atoms with van der Waals surface area (Å²) in [5.41, 5.74) is 0.739. The number of hydrogen-bond donors (Lipinski definition) is 1. The Morgan fingerprint density at radius 3 is 2.61 bits per heavy atom. The first-order valence-electron chi connectivity index (χ1n) is 10.5. The van der Waals surface area contributed by atoms with Gasteiger partial charge in [-0.2, -0.15) is 10.0 Å². The molecule has 0 radical (unpaired) electrons. The predicted octanol–water partition coefficient (Wildman–Crippen LogP) is 4.16. The number of rotatable bonds is 3. The molecule has 10 nitrogen and oxygen atoms in total. The molecule has 0 unspecified atom stereocenters. The Morgan fingerprint density at radius 2 is 1.91 bits per heavy atom. The Labute approximate surface area is 193 Å². The molecule has 0 aliphatic carbocycles. The van der Waals surface area contributed by atoms with Crippen molar-refractivity contribution in [3.63, 3.8) is 0 Å². The molecule has 3 aliphatic heterocycles. The van der Waals surface area contributed by atoms with Crippen LogP contribution in [0.2, 0.25) is 0 Å². The number of carbonyl (C=O) groups excluding carboxylic acids is 1. The summed E-state index contributed by atoms with van der Waals surface area (Å²) >= 11 is 1.31. The molecule has 5 rings (SSSR count). The zero-order valence-electron chi connectivity index (χ0n) is 17.7. The van der Waals surface area contributed by atoms with E-state index >= 15 is 0 Å². The minimum Gasteiger partial charge on any atom is -0.457 e. The van der Waals surface area contributed by atoms with Gasteiger partial charge in [-0.05, 0) is 60.9 Å². The summed E-state index contributed by atoms with van der Waals surface area (Å²) in [6.07, 6.45) is 3.65. The van der Waals surface area contributed by atoms with Crippen molar-refractivity contribution >= 4 is 45.6 Å². The molecule has 2 aromatic rings. The van der Waals surface area contributed by atoms with E-state index in [2.05, 4.69) is 21.9 Å². The minimum atomic E-state index is -0.518. The van der Waals surface area contributed by atoms with E-state index in [1.807, 2.05) is 0 Å². The number of aliphatic imine (C=N–C) groups is 1. The van der Waals surface area contributed by atoms with E-state index in [-0.39, 0.29) is 17.1 Å². The molecule has 0 spiro atoms. The number of hydrazone groups is 1. The van der Waals surface area contributed by atoms with Crippen molar-refractivity contribution in [1.29, 1.82) is 5.41 Å². The van der Waals surface area contributed by atoms with Gasteiger partial charge in [0, 0.05) is 30.8 Å². The Bertz CT molecular complexity index is 1240. The van der Waals surface area contributed by atoms with Gasteiger partial charge in [-0.25, -0.2) is 0 Å². The molecule has 1 fully saturated rings. The summed E-state index contributed by atoms with van der Waals surface area (Å²) in [6.45, 7) is 4.03. The van der Waals surface area contributed by atoms with Gasteiger partial charge in [0.15, 0.2) is 11.0 Å². The van der Waals surface area contributed by atoms with Crippen molar-refractivity contribution < 1.29 is 14.1 Å². The van der Waals surface area contributed by atoms with Gasteiger partial charge < -0.3 is 9.32 Å². The topological polar surface area (TPSA) is 128 Å². The number of amidine groups is 3. The van der Waals surface area contributed by atoms with Crippen LogP contribution in [0.3, 0.4) is 0 Å². The summed E-state index contributed by atoms with van der Waals surface area (Å²) < 4.78 is 5.80. The van der Waals surface area contributed by atoms with Crippen LogP contribution >= 0.6 is 11.8 Å². The smallest absolute Gasteiger partial charge is 0.283 e. The van der Waals surface area contributed by atoms with Crippen LogP contribution in [-0.2, 0) is 4.79 Å². The number of fused-ring (bicyclic) bond motifs is 1. The van der Waals surface area contributed by atoms with Crippen LogP contribution in [-0.4, -0.2) is 50.0 Å².